The van der Waals surface area contributed by atoms with E-state index in [9.17, 15) is 13.2 Å². The molecule has 0 spiro atoms. The van der Waals surface area contributed by atoms with E-state index in [0.717, 1.165) is 18.9 Å². The van der Waals surface area contributed by atoms with Crippen molar-refractivity contribution in [3.05, 3.63) is 42.0 Å². The molecule has 23 heavy (non-hydrogen) atoms. The zero-order valence-electron chi connectivity index (χ0n) is 11.7. The van der Waals surface area contributed by atoms with E-state index in [0.29, 0.717) is 5.82 Å². The highest BCUT2D eigenvalue weighted by atomic mass is 19.4. The van der Waals surface area contributed by atoms with Gasteiger partial charge >= 0.3 is 6.18 Å². The van der Waals surface area contributed by atoms with Crippen molar-refractivity contribution in [3.8, 4) is 17.3 Å². The minimum absolute atomic E-state index is 0.0780. The maximum atomic E-state index is 13.3. The molecule has 2 aromatic heterocycles. The Morgan fingerprint density at radius 3 is 2.61 bits per heavy atom. The van der Waals surface area contributed by atoms with Crippen molar-refractivity contribution in [2.45, 2.75) is 24.9 Å². The third kappa shape index (κ3) is 2.47. The Morgan fingerprint density at radius 2 is 1.96 bits per heavy atom. The first-order valence-electron chi connectivity index (χ1n) is 7.03. The number of aromatic nitrogens is 6. The highest BCUT2D eigenvalue weighted by Crippen LogP contribution is 2.40. The lowest BCUT2D eigenvalue weighted by atomic mass is 10.1. The summed E-state index contributed by atoms with van der Waals surface area (Å²) in [5.41, 5.74) is -0.848. The fourth-order valence-corrected chi connectivity index (χ4v) is 2.37. The Bertz CT molecular complexity index is 833. The van der Waals surface area contributed by atoms with Gasteiger partial charge in [-0.05, 0) is 25.0 Å². The molecule has 1 fully saturated rings. The molecule has 0 bridgehead atoms. The number of para-hydroxylation sites is 1. The second kappa shape index (κ2) is 4.90. The standard InChI is InChI=1S/C14H11F3N6/c15-14(16,17)9-3-1-2-4-10(9)23-13(12-18-7-19-21-12)20-11(22-23)8-5-6-8/h1-4,7-8H,5-6H2,(H,18,19,21). The van der Waals surface area contributed by atoms with Gasteiger partial charge < -0.3 is 0 Å². The van der Waals surface area contributed by atoms with Crippen LogP contribution in [0.25, 0.3) is 17.3 Å². The van der Waals surface area contributed by atoms with Crippen LogP contribution >= 0.6 is 0 Å². The van der Waals surface area contributed by atoms with E-state index in [-0.39, 0.29) is 23.3 Å². The van der Waals surface area contributed by atoms with Crippen molar-refractivity contribution < 1.29 is 13.2 Å². The maximum absolute atomic E-state index is 13.3. The highest BCUT2D eigenvalue weighted by molar-refractivity contribution is 5.52. The third-order valence-electron chi connectivity index (χ3n) is 3.63. The van der Waals surface area contributed by atoms with Crippen LogP contribution in [0.3, 0.4) is 0 Å². The predicted octanol–water partition coefficient (Wildman–Crippen LogP) is 2.95. The molecule has 9 heteroatoms. The smallest absolute Gasteiger partial charge is 0.257 e. The van der Waals surface area contributed by atoms with Crippen LogP contribution in [0.4, 0.5) is 13.2 Å². The molecule has 0 radical (unpaired) electrons. The minimum atomic E-state index is -4.49. The number of hydrogen-bond donors (Lipinski definition) is 1. The Morgan fingerprint density at radius 1 is 1.17 bits per heavy atom. The molecule has 1 aliphatic carbocycles. The van der Waals surface area contributed by atoms with Gasteiger partial charge in [0.25, 0.3) is 0 Å². The first-order chi connectivity index (χ1) is 11.0. The second-order valence-corrected chi connectivity index (χ2v) is 5.33. The van der Waals surface area contributed by atoms with Crippen LogP contribution < -0.4 is 0 Å². The van der Waals surface area contributed by atoms with E-state index in [4.69, 9.17) is 0 Å². The summed E-state index contributed by atoms with van der Waals surface area (Å²) in [6.45, 7) is 0. The molecular formula is C14H11F3N6. The third-order valence-corrected chi connectivity index (χ3v) is 3.63. The molecule has 0 unspecified atom stereocenters. The van der Waals surface area contributed by atoms with Crippen LogP contribution in [-0.2, 0) is 6.18 Å². The quantitative estimate of drug-likeness (QED) is 0.805. The summed E-state index contributed by atoms with van der Waals surface area (Å²) < 4.78 is 41.1. The first kappa shape index (κ1) is 13.9. The number of halogens is 3. The Labute approximate surface area is 128 Å². The average molecular weight is 320 g/mol. The number of nitrogens with one attached hydrogen (secondary N) is 1. The van der Waals surface area contributed by atoms with Crippen LogP contribution in [0.2, 0.25) is 0 Å². The van der Waals surface area contributed by atoms with Crippen LogP contribution in [-0.4, -0.2) is 29.9 Å². The van der Waals surface area contributed by atoms with Crippen LogP contribution in [0, 0.1) is 0 Å². The zero-order chi connectivity index (χ0) is 16.0. The zero-order valence-corrected chi connectivity index (χ0v) is 11.7. The van der Waals surface area contributed by atoms with Gasteiger partial charge in [0, 0.05) is 5.92 Å². The molecule has 0 amide bonds. The number of nitrogens with zero attached hydrogens (tertiary/aromatic N) is 5. The Kier molecular flexibility index (Phi) is 2.97. The van der Waals surface area contributed by atoms with Crippen LogP contribution in [0.1, 0.15) is 30.1 Å². The minimum Gasteiger partial charge on any atom is -0.257 e. The molecule has 0 atom stereocenters. The van der Waals surface area contributed by atoms with E-state index in [1.165, 1.54) is 29.2 Å². The molecule has 1 saturated carbocycles. The molecule has 3 aromatic rings. The number of aromatic amines is 1. The summed E-state index contributed by atoms with van der Waals surface area (Å²) in [6, 6.07) is 5.28. The largest absolute Gasteiger partial charge is 0.418 e. The summed E-state index contributed by atoms with van der Waals surface area (Å²) in [7, 11) is 0. The summed E-state index contributed by atoms with van der Waals surface area (Å²) in [5.74, 6) is 1.24. The van der Waals surface area contributed by atoms with Gasteiger partial charge in [-0.15, -0.1) is 0 Å². The molecule has 1 N–H and O–H groups in total. The van der Waals surface area contributed by atoms with Crippen LogP contribution in [0.15, 0.2) is 30.6 Å². The van der Waals surface area contributed by atoms with Crippen molar-refractivity contribution in [3.63, 3.8) is 0 Å². The lowest BCUT2D eigenvalue weighted by Crippen LogP contribution is -2.12. The van der Waals surface area contributed by atoms with Gasteiger partial charge in [-0.2, -0.15) is 23.4 Å². The number of benzene rings is 1. The van der Waals surface area contributed by atoms with Gasteiger partial charge in [0.1, 0.15) is 6.33 Å². The number of rotatable bonds is 3. The van der Waals surface area contributed by atoms with Crippen molar-refractivity contribution >= 4 is 0 Å². The van der Waals surface area contributed by atoms with Gasteiger partial charge in [0.15, 0.2) is 11.6 Å². The topological polar surface area (TPSA) is 72.3 Å². The van der Waals surface area contributed by atoms with Gasteiger partial charge in [0.2, 0.25) is 5.82 Å². The number of hydrogen-bond acceptors (Lipinski definition) is 4. The summed E-state index contributed by atoms with van der Waals surface area (Å²) in [5, 5.41) is 10.7. The van der Waals surface area contributed by atoms with Gasteiger partial charge in [-0.1, -0.05) is 12.1 Å². The Hall–Kier alpha value is -2.71. The van der Waals surface area contributed by atoms with Gasteiger partial charge in [0.05, 0.1) is 11.3 Å². The number of H-pyrrole nitrogens is 1. The number of alkyl halides is 3. The monoisotopic (exact) mass is 320 g/mol. The van der Waals surface area contributed by atoms with E-state index >= 15 is 0 Å². The summed E-state index contributed by atoms with van der Waals surface area (Å²) in [6.07, 6.45) is -1.32. The molecule has 118 valence electrons. The molecular weight excluding hydrogens is 309 g/mol. The van der Waals surface area contributed by atoms with Crippen molar-refractivity contribution in [2.24, 2.45) is 0 Å². The van der Waals surface area contributed by atoms with Crippen molar-refractivity contribution in [2.75, 3.05) is 0 Å². The predicted molar refractivity (Wildman–Crippen MR) is 73.7 cm³/mol. The summed E-state index contributed by atoms with van der Waals surface area (Å²) in [4.78, 5) is 8.35. The molecule has 1 aromatic carbocycles. The molecule has 2 heterocycles. The lowest BCUT2D eigenvalue weighted by molar-refractivity contribution is -0.137. The SMILES string of the molecule is FC(F)(F)c1ccccc1-n1nc(C2CC2)nc1-c1ncn[nH]1. The van der Waals surface area contributed by atoms with E-state index in [1.54, 1.807) is 0 Å². The van der Waals surface area contributed by atoms with E-state index in [1.807, 2.05) is 0 Å². The summed E-state index contributed by atoms with van der Waals surface area (Å²) >= 11 is 0. The normalized spacial score (nSPS) is 15.1. The fraction of sp³-hybridized carbons (Fsp3) is 0.286. The van der Waals surface area contributed by atoms with Crippen LogP contribution in [0.5, 0.6) is 0 Å². The lowest BCUT2D eigenvalue weighted by Gasteiger charge is -2.13. The molecule has 0 aliphatic heterocycles. The van der Waals surface area contributed by atoms with E-state index < -0.39 is 11.7 Å². The molecule has 1 aliphatic rings. The molecule has 0 saturated heterocycles. The van der Waals surface area contributed by atoms with Gasteiger partial charge in [-0.25, -0.2) is 14.6 Å². The first-order valence-corrected chi connectivity index (χ1v) is 7.03. The average Bonchev–Trinajstić information content (AvgIpc) is 3.06. The molecule has 6 nitrogen and oxygen atoms in total. The van der Waals surface area contributed by atoms with Crippen molar-refractivity contribution in [1.82, 2.24) is 29.9 Å². The highest BCUT2D eigenvalue weighted by Gasteiger charge is 2.36. The van der Waals surface area contributed by atoms with Crippen molar-refractivity contribution in [1.29, 1.82) is 0 Å². The maximum Gasteiger partial charge on any atom is 0.418 e. The Balaban J connectivity index is 1.92. The molecule has 4 rings (SSSR count). The second-order valence-electron chi connectivity index (χ2n) is 5.33. The van der Waals surface area contributed by atoms with E-state index in [2.05, 4.69) is 25.3 Å². The van der Waals surface area contributed by atoms with Gasteiger partial charge in [-0.3, -0.25) is 5.10 Å². The fourth-order valence-electron chi connectivity index (χ4n) is 2.37.